The third kappa shape index (κ3) is 3.15. The van der Waals surface area contributed by atoms with Crippen LogP contribution in [0.25, 0.3) is 11.5 Å². The highest BCUT2D eigenvalue weighted by molar-refractivity contribution is 9.10. The van der Waals surface area contributed by atoms with Crippen LogP contribution in [0.4, 0.5) is 0 Å². The fourth-order valence-corrected chi connectivity index (χ4v) is 2.11. The van der Waals surface area contributed by atoms with Gasteiger partial charge in [0.15, 0.2) is 5.76 Å². The molecule has 0 saturated heterocycles. The molecule has 0 bridgehead atoms. The van der Waals surface area contributed by atoms with Gasteiger partial charge in [-0.2, -0.15) is 8.42 Å². The van der Waals surface area contributed by atoms with Gasteiger partial charge >= 0.3 is 0 Å². The van der Waals surface area contributed by atoms with Gasteiger partial charge in [0.05, 0.1) is 7.11 Å². The molecule has 2 heterocycles. The molecular weight excluding hydrogens is 324 g/mol. The van der Waals surface area contributed by atoms with Crippen LogP contribution in [0.15, 0.2) is 33.4 Å². The first-order valence-corrected chi connectivity index (χ1v) is 7.23. The van der Waals surface area contributed by atoms with Crippen molar-refractivity contribution >= 4 is 26.0 Å². The fraction of sp³-hybridized carbons (Fsp3) is 0.200. The SMILES string of the molecule is COS(=O)(=O)Cc1cc(-c2ccc(Br)cn2)on1. The molecule has 0 N–H and O–H groups in total. The molecule has 0 aliphatic rings. The Labute approximate surface area is 112 Å². The van der Waals surface area contributed by atoms with Crippen LogP contribution in [0.5, 0.6) is 0 Å². The van der Waals surface area contributed by atoms with Crippen molar-refractivity contribution in [2.24, 2.45) is 0 Å². The van der Waals surface area contributed by atoms with Gasteiger partial charge in [-0.15, -0.1) is 0 Å². The predicted octanol–water partition coefficient (Wildman–Crippen LogP) is 1.98. The molecule has 6 nitrogen and oxygen atoms in total. The minimum atomic E-state index is -3.60. The van der Waals surface area contributed by atoms with E-state index in [9.17, 15) is 8.42 Å². The lowest BCUT2D eigenvalue weighted by Gasteiger charge is -1.95. The summed E-state index contributed by atoms with van der Waals surface area (Å²) in [6.07, 6.45) is 1.61. The molecule has 0 aliphatic carbocycles. The fourth-order valence-electron chi connectivity index (χ4n) is 1.26. The zero-order chi connectivity index (χ0) is 13.2. The van der Waals surface area contributed by atoms with E-state index in [4.69, 9.17) is 4.52 Å². The number of rotatable bonds is 4. The number of pyridine rings is 1. The van der Waals surface area contributed by atoms with Crippen LogP contribution < -0.4 is 0 Å². The Morgan fingerprint density at radius 1 is 1.44 bits per heavy atom. The Kier molecular flexibility index (Phi) is 3.79. The first-order chi connectivity index (χ1) is 8.50. The van der Waals surface area contributed by atoms with Gasteiger partial charge < -0.3 is 4.52 Å². The molecule has 0 aliphatic heterocycles. The summed E-state index contributed by atoms with van der Waals surface area (Å²) < 4.78 is 32.7. The van der Waals surface area contributed by atoms with E-state index in [0.29, 0.717) is 11.5 Å². The van der Waals surface area contributed by atoms with Crippen molar-refractivity contribution in [2.45, 2.75) is 5.75 Å². The largest absolute Gasteiger partial charge is 0.354 e. The van der Waals surface area contributed by atoms with Crippen molar-refractivity contribution < 1.29 is 17.1 Å². The highest BCUT2D eigenvalue weighted by Crippen LogP contribution is 2.20. The Morgan fingerprint density at radius 3 is 2.83 bits per heavy atom. The lowest BCUT2D eigenvalue weighted by molar-refractivity contribution is 0.392. The summed E-state index contributed by atoms with van der Waals surface area (Å²) in [5.41, 5.74) is 0.850. The van der Waals surface area contributed by atoms with E-state index in [0.717, 1.165) is 11.6 Å². The Hall–Kier alpha value is -1.25. The van der Waals surface area contributed by atoms with Crippen LogP contribution in [0.1, 0.15) is 5.69 Å². The molecule has 0 spiro atoms. The quantitative estimate of drug-likeness (QED) is 0.796. The molecule has 96 valence electrons. The van der Waals surface area contributed by atoms with Crippen molar-refractivity contribution in [3.8, 4) is 11.5 Å². The monoisotopic (exact) mass is 332 g/mol. The van der Waals surface area contributed by atoms with Gasteiger partial charge in [0.1, 0.15) is 17.1 Å². The van der Waals surface area contributed by atoms with E-state index >= 15 is 0 Å². The number of aromatic nitrogens is 2. The van der Waals surface area contributed by atoms with E-state index in [1.165, 1.54) is 6.07 Å². The van der Waals surface area contributed by atoms with Gasteiger partial charge in [-0.3, -0.25) is 9.17 Å². The maximum absolute atomic E-state index is 11.2. The molecule has 2 aromatic heterocycles. The van der Waals surface area contributed by atoms with Gasteiger partial charge in [-0.25, -0.2) is 0 Å². The number of nitrogens with zero attached hydrogens (tertiary/aromatic N) is 2. The molecule has 2 rings (SSSR count). The molecular formula is C10H9BrN2O4S. The maximum Gasteiger partial charge on any atom is 0.272 e. The van der Waals surface area contributed by atoms with Crippen molar-refractivity contribution in [3.05, 3.63) is 34.6 Å². The first-order valence-electron chi connectivity index (χ1n) is 4.86. The molecule has 0 aromatic carbocycles. The van der Waals surface area contributed by atoms with Crippen LogP contribution in [0.3, 0.4) is 0 Å². The number of halogens is 1. The Balaban J connectivity index is 2.23. The summed E-state index contributed by atoms with van der Waals surface area (Å²) in [4.78, 5) is 4.12. The number of hydrogen-bond acceptors (Lipinski definition) is 6. The van der Waals surface area contributed by atoms with Crippen LogP contribution in [-0.2, 0) is 20.1 Å². The minimum absolute atomic E-state index is 0.275. The van der Waals surface area contributed by atoms with E-state index in [1.54, 1.807) is 18.3 Å². The van der Waals surface area contributed by atoms with Gasteiger partial charge in [-0.05, 0) is 28.1 Å². The van der Waals surface area contributed by atoms with Crippen molar-refractivity contribution in [1.82, 2.24) is 10.1 Å². The van der Waals surface area contributed by atoms with Gasteiger partial charge in [0.25, 0.3) is 10.1 Å². The van der Waals surface area contributed by atoms with Crippen LogP contribution in [0, 0.1) is 0 Å². The number of hydrogen-bond donors (Lipinski definition) is 0. The summed E-state index contributed by atoms with van der Waals surface area (Å²) in [5.74, 6) is 0.0765. The molecule has 18 heavy (non-hydrogen) atoms. The average molecular weight is 333 g/mol. The molecule has 0 radical (unpaired) electrons. The van der Waals surface area contributed by atoms with E-state index in [-0.39, 0.29) is 11.4 Å². The average Bonchev–Trinajstić information content (AvgIpc) is 2.78. The van der Waals surface area contributed by atoms with Crippen LogP contribution in [0.2, 0.25) is 0 Å². The predicted molar refractivity (Wildman–Crippen MR) is 67.1 cm³/mol. The smallest absolute Gasteiger partial charge is 0.272 e. The zero-order valence-electron chi connectivity index (χ0n) is 9.33. The Bertz CT molecular complexity index is 636. The standard InChI is InChI=1S/C10H9BrN2O4S/c1-16-18(14,15)6-8-4-10(17-13-8)9-3-2-7(11)5-12-9/h2-5H,6H2,1H3. The molecule has 0 fully saturated rings. The van der Waals surface area contributed by atoms with Crippen molar-refractivity contribution in [2.75, 3.05) is 7.11 Å². The van der Waals surface area contributed by atoms with Crippen LogP contribution >= 0.6 is 15.9 Å². The molecule has 0 saturated carbocycles. The minimum Gasteiger partial charge on any atom is -0.354 e. The normalized spacial score (nSPS) is 11.7. The highest BCUT2D eigenvalue weighted by atomic mass is 79.9. The van der Waals surface area contributed by atoms with Crippen LogP contribution in [-0.4, -0.2) is 25.7 Å². The molecule has 0 atom stereocenters. The lowest BCUT2D eigenvalue weighted by atomic mass is 10.3. The highest BCUT2D eigenvalue weighted by Gasteiger charge is 2.15. The third-order valence-corrected chi connectivity index (χ3v) is 3.74. The summed E-state index contributed by atoms with van der Waals surface area (Å²) >= 11 is 3.27. The van der Waals surface area contributed by atoms with Crippen molar-refractivity contribution in [3.63, 3.8) is 0 Å². The third-order valence-electron chi connectivity index (χ3n) is 2.12. The Morgan fingerprint density at radius 2 is 2.22 bits per heavy atom. The van der Waals surface area contributed by atoms with E-state index in [1.807, 2.05) is 0 Å². The first kappa shape index (κ1) is 13.2. The van der Waals surface area contributed by atoms with Gasteiger partial charge in [0, 0.05) is 16.7 Å². The topological polar surface area (TPSA) is 82.3 Å². The summed E-state index contributed by atoms with van der Waals surface area (Å²) in [5, 5.41) is 3.66. The molecule has 8 heteroatoms. The summed E-state index contributed by atoms with van der Waals surface area (Å²) in [6.45, 7) is 0. The van der Waals surface area contributed by atoms with Crippen molar-refractivity contribution in [1.29, 1.82) is 0 Å². The molecule has 0 unspecified atom stereocenters. The second kappa shape index (κ2) is 5.17. The summed E-state index contributed by atoms with van der Waals surface area (Å²) in [7, 11) is -2.49. The second-order valence-electron chi connectivity index (χ2n) is 3.41. The van der Waals surface area contributed by atoms with E-state index < -0.39 is 10.1 Å². The summed E-state index contributed by atoms with van der Waals surface area (Å²) in [6, 6.07) is 5.06. The lowest BCUT2D eigenvalue weighted by Crippen LogP contribution is -2.05. The van der Waals surface area contributed by atoms with Gasteiger partial charge in [-0.1, -0.05) is 5.16 Å². The van der Waals surface area contributed by atoms with E-state index in [2.05, 4.69) is 30.3 Å². The zero-order valence-corrected chi connectivity index (χ0v) is 11.7. The maximum atomic E-state index is 11.2. The second-order valence-corrected chi connectivity index (χ2v) is 6.07. The van der Waals surface area contributed by atoms with Gasteiger partial charge in [0.2, 0.25) is 0 Å². The molecule has 0 amide bonds. The molecule has 2 aromatic rings.